The highest BCUT2D eigenvalue weighted by Crippen LogP contribution is 2.45. The molecule has 6 rings (SSSR count). The number of benzene rings is 1. The molecule has 0 bridgehead atoms. The van der Waals surface area contributed by atoms with Gasteiger partial charge < -0.3 is 9.80 Å². The van der Waals surface area contributed by atoms with Gasteiger partial charge in [-0.25, -0.2) is 13.8 Å². The number of halogens is 2. The number of hydrogen-bond acceptors (Lipinski definition) is 5. The molecule has 7 nitrogen and oxygen atoms in total. The summed E-state index contributed by atoms with van der Waals surface area (Å²) in [4.78, 5) is 40.4. The van der Waals surface area contributed by atoms with E-state index in [1.807, 2.05) is 35.2 Å². The zero-order valence-electron chi connectivity index (χ0n) is 19.0. The molecule has 0 saturated heterocycles. The SMILES string of the molecule is CC1C(=O)N(CC(F)F)c2ccc(N3C(=O)c4ccccc4C3c3cccnc3)nc2N1C1CC1. The number of anilines is 3. The van der Waals surface area contributed by atoms with Gasteiger partial charge in [-0.05, 0) is 55.2 Å². The number of aromatic nitrogens is 2. The highest BCUT2D eigenvalue weighted by atomic mass is 19.3. The molecular formula is C26H23F2N5O2. The summed E-state index contributed by atoms with van der Waals surface area (Å²) in [6.45, 7) is 1.04. The number of pyridine rings is 2. The Morgan fingerprint density at radius 2 is 1.86 bits per heavy atom. The lowest BCUT2D eigenvalue weighted by molar-refractivity contribution is -0.120. The van der Waals surface area contributed by atoms with Crippen LogP contribution in [-0.4, -0.2) is 46.8 Å². The first-order valence-electron chi connectivity index (χ1n) is 11.7. The second-order valence-corrected chi connectivity index (χ2v) is 9.12. The van der Waals surface area contributed by atoms with Crippen molar-refractivity contribution in [2.75, 3.05) is 21.2 Å². The van der Waals surface area contributed by atoms with E-state index in [2.05, 4.69) is 4.98 Å². The molecule has 3 aliphatic rings. The number of rotatable bonds is 5. The minimum atomic E-state index is -2.67. The van der Waals surface area contributed by atoms with Crippen molar-refractivity contribution >= 4 is 29.1 Å². The summed E-state index contributed by atoms with van der Waals surface area (Å²) in [6.07, 6.45) is 2.55. The van der Waals surface area contributed by atoms with Gasteiger partial charge in [-0.3, -0.25) is 19.5 Å². The van der Waals surface area contributed by atoms with Crippen molar-refractivity contribution in [1.29, 1.82) is 0 Å². The first-order chi connectivity index (χ1) is 17.0. The normalized spacial score (nSPS) is 21.5. The van der Waals surface area contributed by atoms with Crippen LogP contribution in [0.1, 0.15) is 47.3 Å². The van der Waals surface area contributed by atoms with Crippen molar-refractivity contribution < 1.29 is 18.4 Å². The average molecular weight is 475 g/mol. The predicted molar refractivity (Wildman–Crippen MR) is 127 cm³/mol. The van der Waals surface area contributed by atoms with Gasteiger partial charge in [0, 0.05) is 24.0 Å². The number of carbonyl (C=O) groups is 2. The molecule has 1 aromatic carbocycles. The fraction of sp³-hybridized carbons (Fsp3) is 0.308. The van der Waals surface area contributed by atoms with Gasteiger partial charge in [0.15, 0.2) is 5.82 Å². The molecule has 2 atom stereocenters. The average Bonchev–Trinajstić information content (AvgIpc) is 3.65. The molecule has 1 aliphatic carbocycles. The van der Waals surface area contributed by atoms with Gasteiger partial charge in [0.05, 0.1) is 18.3 Å². The third-order valence-electron chi connectivity index (χ3n) is 6.89. The number of carbonyl (C=O) groups excluding carboxylic acids is 2. The Morgan fingerprint density at radius 1 is 1.06 bits per heavy atom. The Hall–Kier alpha value is -3.88. The molecule has 4 heterocycles. The highest BCUT2D eigenvalue weighted by molar-refractivity contribution is 6.12. The maximum absolute atomic E-state index is 13.6. The maximum Gasteiger partial charge on any atom is 0.260 e. The smallest absolute Gasteiger partial charge is 0.260 e. The second-order valence-electron chi connectivity index (χ2n) is 9.12. The largest absolute Gasteiger partial charge is 0.340 e. The summed E-state index contributed by atoms with van der Waals surface area (Å²) in [5.41, 5.74) is 2.63. The van der Waals surface area contributed by atoms with E-state index in [0.29, 0.717) is 22.9 Å². The van der Waals surface area contributed by atoms with E-state index >= 15 is 0 Å². The van der Waals surface area contributed by atoms with Gasteiger partial charge in [0.1, 0.15) is 11.9 Å². The van der Waals surface area contributed by atoms with Crippen molar-refractivity contribution in [2.45, 2.75) is 44.3 Å². The van der Waals surface area contributed by atoms with Crippen molar-refractivity contribution in [3.63, 3.8) is 0 Å². The Morgan fingerprint density at radius 3 is 2.57 bits per heavy atom. The third kappa shape index (κ3) is 3.45. The molecule has 0 spiro atoms. The quantitative estimate of drug-likeness (QED) is 0.553. The van der Waals surface area contributed by atoms with E-state index < -0.39 is 25.1 Å². The first kappa shape index (κ1) is 21.6. The highest BCUT2D eigenvalue weighted by Gasteiger charge is 2.45. The standard InChI is InChI=1S/C26H23F2N5O2/c1-15-25(34)31(14-21(27)28)20-10-11-22(30-24(20)32(15)17-8-9-17)33-23(16-5-4-12-29-13-16)18-6-2-3-7-19(18)26(33)35/h2-7,10-13,15,17,21,23H,8-9,14H2,1H3. The van der Waals surface area contributed by atoms with Crippen molar-refractivity contribution in [3.8, 4) is 0 Å². The minimum absolute atomic E-state index is 0.129. The molecule has 178 valence electrons. The van der Waals surface area contributed by atoms with Gasteiger partial charge in [-0.1, -0.05) is 24.3 Å². The van der Waals surface area contributed by atoms with Crippen molar-refractivity contribution in [1.82, 2.24) is 9.97 Å². The Balaban J connectivity index is 1.49. The molecule has 2 aromatic heterocycles. The number of nitrogens with zero attached hydrogens (tertiary/aromatic N) is 5. The fourth-order valence-corrected chi connectivity index (χ4v) is 5.20. The van der Waals surface area contributed by atoms with Crippen LogP contribution in [0.3, 0.4) is 0 Å². The van der Waals surface area contributed by atoms with E-state index in [1.165, 1.54) is 0 Å². The van der Waals surface area contributed by atoms with Crippen LogP contribution in [-0.2, 0) is 4.79 Å². The predicted octanol–water partition coefficient (Wildman–Crippen LogP) is 4.20. The Labute approximate surface area is 201 Å². The molecule has 2 amide bonds. The van der Waals surface area contributed by atoms with Gasteiger partial charge >= 0.3 is 0 Å². The van der Waals surface area contributed by atoms with Crippen LogP contribution >= 0.6 is 0 Å². The number of amides is 2. The number of fused-ring (bicyclic) bond motifs is 2. The van der Waals surface area contributed by atoms with E-state index in [9.17, 15) is 18.4 Å². The maximum atomic E-state index is 13.6. The third-order valence-corrected chi connectivity index (χ3v) is 6.89. The van der Waals surface area contributed by atoms with Gasteiger partial charge in [-0.2, -0.15) is 0 Å². The lowest BCUT2D eigenvalue weighted by Crippen LogP contribution is -2.54. The molecule has 1 saturated carbocycles. The minimum Gasteiger partial charge on any atom is -0.340 e. The van der Waals surface area contributed by atoms with Crippen LogP contribution in [0.15, 0.2) is 60.9 Å². The summed E-state index contributed by atoms with van der Waals surface area (Å²) in [6, 6.07) is 13.5. The zero-order chi connectivity index (χ0) is 24.3. The van der Waals surface area contributed by atoms with Crippen LogP contribution in [0.2, 0.25) is 0 Å². The topological polar surface area (TPSA) is 69.6 Å². The van der Waals surface area contributed by atoms with E-state index in [4.69, 9.17) is 4.98 Å². The van der Waals surface area contributed by atoms with Crippen LogP contribution in [0.25, 0.3) is 0 Å². The summed E-state index contributed by atoms with van der Waals surface area (Å²) < 4.78 is 26.7. The van der Waals surface area contributed by atoms with Crippen molar-refractivity contribution in [3.05, 3.63) is 77.6 Å². The lowest BCUT2D eigenvalue weighted by atomic mass is 9.99. The summed E-state index contributed by atoms with van der Waals surface area (Å²) in [5.74, 6) is 0.316. The van der Waals surface area contributed by atoms with Crippen LogP contribution in [0.5, 0.6) is 0 Å². The molecule has 3 aromatic rings. The summed E-state index contributed by atoms with van der Waals surface area (Å²) >= 11 is 0. The Kier molecular flexibility index (Phi) is 5.01. The van der Waals surface area contributed by atoms with Crippen molar-refractivity contribution in [2.24, 2.45) is 0 Å². The second kappa shape index (κ2) is 8.11. The van der Waals surface area contributed by atoms with Gasteiger partial charge in [0.25, 0.3) is 12.3 Å². The van der Waals surface area contributed by atoms with Crippen LogP contribution in [0, 0.1) is 0 Å². The van der Waals surface area contributed by atoms with Crippen LogP contribution < -0.4 is 14.7 Å². The van der Waals surface area contributed by atoms with Gasteiger partial charge in [-0.15, -0.1) is 0 Å². The fourth-order valence-electron chi connectivity index (χ4n) is 5.20. The van der Waals surface area contributed by atoms with E-state index in [0.717, 1.165) is 28.9 Å². The zero-order valence-corrected chi connectivity index (χ0v) is 19.0. The van der Waals surface area contributed by atoms with Gasteiger partial charge in [0.2, 0.25) is 5.91 Å². The van der Waals surface area contributed by atoms with Crippen LogP contribution in [0.4, 0.5) is 26.1 Å². The van der Waals surface area contributed by atoms with E-state index in [-0.39, 0.29) is 17.9 Å². The number of hydrogen-bond donors (Lipinski definition) is 0. The molecule has 0 radical (unpaired) electrons. The van der Waals surface area contributed by atoms with E-state index in [1.54, 1.807) is 42.4 Å². The Bertz CT molecular complexity index is 1310. The molecule has 1 fully saturated rings. The molecule has 0 N–H and O–H groups in total. The molecular weight excluding hydrogens is 452 g/mol. The summed E-state index contributed by atoms with van der Waals surface area (Å²) in [7, 11) is 0. The lowest BCUT2D eigenvalue weighted by Gasteiger charge is -2.41. The monoisotopic (exact) mass is 475 g/mol. The summed E-state index contributed by atoms with van der Waals surface area (Å²) in [5, 5.41) is 0. The molecule has 35 heavy (non-hydrogen) atoms. The number of alkyl halides is 2. The first-order valence-corrected chi connectivity index (χ1v) is 11.7. The molecule has 9 heteroatoms. The molecule has 2 aliphatic heterocycles. The molecule has 2 unspecified atom stereocenters.